The number of nitrogens with zero attached hydrogens (tertiary/aromatic N) is 1. The number of hydrogen-bond donors (Lipinski definition) is 2. The highest BCUT2D eigenvalue weighted by atomic mass is 19.4. The standard InChI is InChI=1S/C17H19F6N3O3/c18-16(19,20)13(17(21,22)23)29-15(28)26-9-12(10-26)6-7-24-14(27)25-8-11-4-2-1-3-5-11/h1-5,12-13H,6-10H2,(H2,24,25,27). The minimum Gasteiger partial charge on any atom is -0.426 e. The molecule has 162 valence electrons. The van der Waals surface area contributed by atoms with Crippen molar-refractivity contribution in [2.75, 3.05) is 19.6 Å². The summed E-state index contributed by atoms with van der Waals surface area (Å²) in [5.41, 5.74) is 0.909. The Balaban J connectivity index is 1.64. The fraction of sp³-hybridized carbons (Fsp3) is 0.529. The van der Waals surface area contributed by atoms with Crippen LogP contribution < -0.4 is 10.6 Å². The molecule has 0 aliphatic carbocycles. The number of urea groups is 1. The normalized spacial score (nSPS) is 15.1. The molecule has 1 fully saturated rings. The molecule has 2 rings (SSSR count). The number of carbonyl (C=O) groups excluding carboxylic acids is 2. The fourth-order valence-electron chi connectivity index (χ4n) is 2.63. The molecule has 29 heavy (non-hydrogen) atoms. The van der Waals surface area contributed by atoms with E-state index in [1.807, 2.05) is 30.3 Å². The summed E-state index contributed by atoms with van der Waals surface area (Å²) in [6.07, 6.45) is -16.9. The molecule has 1 aliphatic rings. The number of amides is 3. The molecule has 1 aliphatic heterocycles. The van der Waals surface area contributed by atoms with Gasteiger partial charge in [0.2, 0.25) is 0 Å². The zero-order valence-electron chi connectivity index (χ0n) is 15.0. The first-order valence-electron chi connectivity index (χ1n) is 8.61. The van der Waals surface area contributed by atoms with Gasteiger partial charge in [-0.2, -0.15) is 26.3 Å². The lowest BCUT2D eigenvalue weighted by molar-refractivity contribution is -0.309. The number of hydrogen-bond acceptors (Lipinski definition) is 3. The largest absolute Gasteiger partial charge is 0.434 e. The molecule has 1 heterocycles. The summed E-state index contributed by atoms with van der Waals surface area (Å²) in [5.74, 6) is -0.160. The predicted octanol–water partition coefficient (Wildman–Crippen LogP) is 3.44. The lowest BCUT2D eigenvalue weighted by atomic mass is 9.97. The number of benzene rings is 1. The molecule has 1 saturated heterocycles. The van der Waals surface area contributed by atoms with Gasteiger partial charge in [-0.15, -0.1) is 0 Å². The van der Waals surface area contributed by atoms with Crippen molar-refractivity contribution in [3.05, 3.63) is 35.9 Å². The van der Waals surface area contributed by atoms with Gasteiger partial charge in [0.25, 0.3) is 6.10 Å². The second-order valence-corrected chi connectivity index (χ2v) is 6.50. The van der Waals surface area contributed by atoms with Gasteiger partial charge in [0.05, 0.1) is 0 Å². The van der Waals surface area contributed by atoms with E-state index in [1.54, 1.807) is 0 Å². The lowest BCUT2D eigenvalue weighted by Crippen LogP contribution is -2.54. The Kier molecular flexibility index (Phi) is 7.20. The zero-order valence-corrected chi connectivity index (χ0v) is 15.0. The third-order valence-electron chi connectivity index (χ3n) is 4.16. The summed E-state index contributed by atoms with van der Waals surface area (Å²) in [7, 11) is 0. The van der Waals surface area contributed by atoms with E-state index in [0.29, 0.717) is 13.0 Å². The number of nitrogens with one attached hydrogen (secondary N) is 2. The maximum absolute atomic E-state index is 12.4. The van der Waals surface area contributed by atoms with Crippen molar-refractivity contribution in [3.63, 3.8) is 0 Å². The highest BCUT2D eigenvalue weighted by molar-refractivity contribution is 5.73. The van der Waals surface area contributed by atoms with Crippen molar-refractivity contribution in [1.29, 1.82) is 0 Å². The monoisotopic (exact) mass is 427 g/mol. The molecular formula is C17H19F6N3O3. The number of rotatable bonds is 6. The Morgan fingerprint density at radius 3 is 2.17 bits per heavy atom. The molecule has 0 unspecified atom stereocenters. The molecule has 0 radical (unpaired) electrons. The number of halogens is 6. The van der Waals surface area contributed by atoms with E-state index in [1.165, 1.54) is 0 Å². The van der Waals surface area contributed by atoms with Crippen molar-refractivity contribution in [1.82, 2.24) is 15.5 Å². The highest BCUT2D eigenvalue weighted by Gasteiger charge is 2.60. The van der Waals surface area contributed by atoms with Gasteiger partial charge >= 0.3 is 24.5 Å². The molecule has 0 spiro atoms. The van der Waals surface area contributed by atoms with E-state index in [2.05, 4.69) is 15.4 Å². The maximum Gasteiger partial charge on any atom is 0.434 e. The van der Waals surface area contributed by atoms with Crippen LogP contribution in [0.25, 0.3) is 0 Å². The second-order valence-electron chi connectivity index (χ2n) is 6.50. The minimum absolute atomic E-state index is 0.0470. The summed E-state index contributed by atoms with van der Waals surface area (Å²) < 4.78 is 77.9. The lowest BCUT2D eigenvalue weighted by Gasteiger charge is -2.39. The molecule has 0 saturated carbocycles. The topological polar surface area (TPSA) is 70.7 Å². The Bertz CT molecular complexity index is 676. The van der Waals surface area contributed by atoms with Crippen LogP contribution in [0.4, 0.5) is 35.9 Å². The van der Waals surface area contributed by atoms with Crippen LogP contribution in [0.3, 0.4) is 0 Å². The van der Waals surface area contributed by atoms with Crippen LogP contribution in [-0.4, -0.2) is 55.1 Å². The minimum atomic E-state index is -5.74. The van der Waals surface area contributed by atoms with Gasteiger partial charge < -0.3 is 20.3 Å². The van der Waals surface area contributed by atoms with Crippen LogP contribution in [0.5, 0.6) is 0 Å². The van der Waals surface area contributed by atoms with Gasteiger partial charge in [-0.1, -0.05) is 30.3 Å². The quantitative estimate of drug-likeness (QED) is 0.684. The SMILES string of the molecule is O=C(NCCC1CN(C(=O)OC(C(F)(F)F)C(F)(F)F)C1)NCc1ccccc1. The van der Waals surface area contributed by atoms with Gasteiger partial charge in [-0.05, 0) is 17.9 Å². The van der Waals surface area contributed by atoms with Crippen molar-refractivity contribution < 1.29 is 40.7 Å². The van der Waals surface area contributed by atoms with Crippen LogP contribution >= 0.6 is 0 Å². The number of carbonyl (C=O) groups is 2. The summed E-state index contributed by atoms with van der Waals surface area (Å²) in [4.78, 5) is 23.9. The van der Waals surface area contributed by atoms with E-state index in [9.17, 15) is 35.9 Å². The molecule has 1 aromatic carbocycles. The van der Waals surface area contributed by atoms with Crippen molar-refractivity contribution in [3.8, 4) is 0 Å². The average Bonchev–Trinajstić information content (AvgIpc) is 2.58. The molecular weight excluding hydrogens is 408 g/mol. The van der Waals surface area contributed by atoms with Gasteiger partial charge in [-0.25, -0.2) is 9.59 Å². The predicted molar refractivity (Wildman–Crippen MR) is 88.7 cm³/mol. The summed E-state index contributed by atoms with van der Waals surface area (Å²) in [6, 6.07) is 8.76. The summed E-state index contributed by atoms with van der Waals surface area (Å²) in [5, 5.41) is 5.22. The fourth-order valence-corrected chi connectivity index (χ4v) is 2.63. The molecule has 6 nitrogen and oxygen atoms in total. The molecule has 0 bridgehead atoms. The Morgan fingerprint density at radius 1 is 1.03 bits per heavy atom. The second kappa shape index (κ2) is 9.23. The molecule has 0 aromatic heterocycles. The highest BCUT2D eigenvalue weighted by Crippen LogP contribution is 2.36. The van der Waals surface area contributed by atoms with Crippen molar-refractivity contribution >= 4 is 12.1 Å². The Morgan fingerprint density at radius 2 is 1.62 bits per heavy atom. The van der Waals surface area contributed by atoms with E-state index in [-0.39, 0.29) is 25.6 Å². The van der Waals surface area contributed by atoms with Crippen LogP contribution in [0, 0.1) is 5.92 Å². The smallest absolute Gasteiger partial charge is 0.426 e. The molecule has 0 atom stereocenters. The van der Waals surface area contributed by atoms with Crippen molar-refractivity contribution in [2.45, 2.75) is 31.4 Å². The number of likely N-dealkylation sites (tertiary alicyclic amines) is 1. The van der Waals surface area contributed by atoms with Crippen LogP contribution in [0.2, 0.25) is 0 Å². The summed E-state index contributed by atoms with van der Waals surface area (Å²) >= 11 is 0. The average molecular weight is 427 g/mol. The zero-order chi connectivity index (χ0) is 21.7. The van der Waals surface area contributed by atoms with E-state index < -0.39 is 30.6 Å². The van der Waals surface area contributed by atoms with E-state index in [4.69, 9.17) is 0 Å². The molecule has 2 N–H and O–H groups in total. The van der Waals surface area contributed by atoms with Gasteiger partial charge in [-0.3, -0.25) is 0 Å². The first kappa shape index (κ1) is 22.6. The Labute approximate surface area is 162 Å². The first-order chi connectivity index (χ1) is 13.5. The van der Waals surface area contributed by atoms with E-state index >= 15 is 0 Å². The Hall–Kier alpha value is -2.66. The first-order valence-corrected chi connectivity index (χ1v) is 8.61. The van der Waals surface area contributed by atoms with Gasteiger partial charge in [0.15, 0.2) is 0 Å². The van der Waals surface area contributed by atoms with Crippen molar-refractivity contribution in [2.24, 2.45) is 5.92 Å². The molecule has 1 aromatic rings. The molecule has 3 amide bonds. The van der Waals surface area contributed by atoms with Gasteiger partial charge in [0, 0.05) is 26.2 Å². The van der Waals surface area contributed by atoms with Crippen LogP contribution in [0.1, 0.15) is 12.0 Å². The maximum atomic E-state index is 12.4. The van der Waals surface area contributed by atoms with Gasteiger partial charge in [0.1, 0.15) is 0 Å². The number of ether oxygens (including phenoxy) is 1. The van der Waals surface area contributed by atoms with Crippen LogP contribution in [-0.2, 0) is 11.3 Å². The van der Waals surface area contributed by atoms with Crippen LogP contribution in [0.15, 0.2) is 30.3 Å². The molecule has 12 heteroatoms. The number of alkyl halides is 6. The summed E-state index contributed by atoms with van der Waals surface area (Å²) in [6.45, 7) is 0.473. The third-order valence-corrected chi connectivity index (χ3v) is 4.16. The third kappa shape index (κ3) is 7.02. The van der Waals surface area contributed by atoms with E-state index in [0.717, 1.165) is 10.5 Å².